The highest BCUT2D eigenvalue weighted by atomic mass is 16.6. The van der Waals surface area contributed by atoms with Crippen molar-refractivity contribution in [2.24, 2.45) is 7.05 Å². The molecule has 11 heteroatoms. The molecule has 0 radical (unpaired) electrons. The molecule has 0 saturated carbocycles. The zero-order valence-electron chi connectivity index (χ0n) is 16.9. The molecule has 0 aliphatic carbocycles. The number of carbonyl (C=O) groups is 1. The number of nitro groups is 1. The lowest BCUT2D eigenvalue weighted by Gasteiger charge is -2.11. The Morgan fingerprint density at radius 1 is 1.16 bits per heavy atom. The van der Waals surface area contributed by atoms with Gasteiger partial charge < -0.3 is 5.32 Å². The largest absolute Gasteiger partial charge is 0.319 e. The summed E-state index contributed by atoms with van der Waals surface area (Å²) < 4.78 is 2.84. The molecule has 4 aromatic rings. The minimum absolute atomic E-state index is 0.146. The lowest BCUT2D eigenvalue weighted by molar-refractivity contribution is -0.384. The molecule has 156 valence electrons. The monoisotopic (exact) mass is 419 g/mol. The van der Waals surface area contributed by atoms with Gasteiger partial charge in [0.25, 0.3) is 11.6 Å². The van der Waals surface area contributed by atoms with Gasteiger partial charge in [-0.3, -0.25) is 24.4 Å². The van der Waals surface area contributed by atoms with Crippen LogP contribution in [0, 0.1) is 24.0 Å². The van der Waals surface area contributed by atoms with Gasteiger partial charge in [-0.1, -0.05) is 12.1 Å². The Bertz CT molecular complexity index is 1420. The van der Waals surface area contributed by atoms with Gasteiger partial charge in [0.15, 0.2) is 11.3 Å². The van der Waals surface area contributed by atoms with Crippen molar-refractivity contribution in [2.45, 2.75) is 13.8 Å². The normalized spacial score (nSPS) is 10.9. The van der Waals surface area contributed by atoms with E-state index in [-0.39, 0.29) is 11.4 Å². The van der Waals surface area contributed by atoms with Crippen LogP contribution < -0.4 is 10.7 Å². The number of nitrogens with one attached hydrogen (secondary N) is 1. The fraction of sp³-hybridized carbons (Fsp3) is 0.150. The van der Waals surface area contributed by atoms with Crippen LogP contribution in [0.3, 0.4) is 0 Å². The highest BCUT2D eigenvalue weighted by Gasteiger charge is 2.20. The summed E-state index contributed by atoms with van der Waals surface area (Å²) in [6.45, 7) is 3.40. The maximum atomic E-state index is 12.8. The summed E-state index contributed by atoms with van der Waals surface area (Å²) in [5, 5.41) is 23.1. The predicted molar refractivity (Wildman–Crippen MR) is 112 cm³/mol. The van der Waals surface area contributed by atoms with Gasteiger partial charge in [0.05, 0.1) is 22.5 Å². The van der Waals surface area contributed by atoms with Crippen LogP contribution in [0.4, 0.5) is 11.4 Å². The molecule has 1 amide bonds. The van der Waals surface area contributed by atoms with E-state index in [9.17, 15) is 19.7 Å². The number of para-hydroxylation sites is 2. The molecule has 0 saturated heterocycles. The average molecular weight is 419 g/mol. The van der Waals surface area contributed by atoms with Crippen molar-refractivity contribution in [2.75, 3.05) is 5.32 Å². The van der Waals surface area contributed by atoms with Crippen LogP contribution in [0.2, 0.25) is 0 Å². The second-order valence-electron chi connectivity index (χ2n) is 6.91. The third-order valence-corrected chi connectivity index (χ3v) is 4.75. The van der Waals surface area contributed by atoms with E-state index in [0.717, 1.165) is 11.1 Å². The Hall–Kier alpha value is -4.41. The number of aryl methyl sites for hydroxylation is 3. The molecule has 11 nitrogen and oxygen atoms in total. The SMILES string of the molecule is Cc1nn(C)c2ncc(NC(=O)c3nn(-c4ccccc4[N+](=O)[O-])c(C)cc3=O)cc12. The maximum Gasteiger partial charge on any atom is 0.294 e. The summed E-state index contributed by atoms with van der Waals surface area (Å²) in [7, 11) is 1.77. The number of hydrogen-bond donors (Lipinski definition) is 1. The van der Waals surface area contributed by atoms with E-state index in [1.807, 2.05) is 6.92 Å². The standard InChI is InChI=1S/C20H17N7O4/c1-11-8-17(28)18(24-26(11)15-6-4-5-7-16(15)27(30)31)20(29)22-13-9-14-12(2)23-25(3)19(14)21-10-13/h4-10H,1-3H3,(H,22,29). The summed E-state index contributed by atoms with van der Waals surface area (Å²) >= 11 is 0. The third-order valence-electron chi connectivity index (χ3n) is 4.75. The van der Waals surface area contributed by atoms with Crippen LogP contribution in [0.1, 0.15) is 21.9 Å². The Morgan fingerprint density at radius 2 is 1.90 bits per heavy atom. The lowest BCUT2D eigenvalue weighted by Crippen LogP contribution is -2.27. The van der Waals surface area contributed by atoms with Gasteiger partial charge in [0.1, 0.15) is 5.69 Å². The first kappa shape index (κ1) is 19.9. The van der Waals surface area contributed by atoms with E-state index >= 15 is 0 Å². The quantitative estimate of drug-likeness (QED) is 0.395. The number of aromatic nitrogens is 5. The van der Waals surface area contributed by atoms with E-state index in [1.165, 1.54) is 35.1 Å². The molecule has 3 aromatic heterocycles. The van der Waals surface area contributed by atoms with Crippen LogP contribution >= 0.6 is 0 Å². The van der Waals surface area contributed by atoms with E-state index < -0.39 is 22.0 Å². The number of rotatable bonds is 4. The van der Waals surface area contributed by atoms with E-state index in [1.54, 1.807) is 30.8 Å². The number of nitrogens with zero attached hydrogens (tertiary/aromatic N) is 6. The number of nitro benzene ring substituents is 1. The van der Waals surface area contributed by atoms with Crippen molar-refractivity contribution in [3.8, 4) is 5.69 Å². The lowest BCUT2D eigenvalue weighted by atomic mass is 10.2. The number of hydrogen-bond acceptors (Lipinski definition) is 7. The summed E-state index contributed by atoms with van der Waals surface area (Å²) in [6, 6.07) is 8.87. The van der Waals surface area contributed by atoms with Crippen molar-refractivity contribution in [3.63, 3.8) is 0 Å². The molecule has 0 aliphatic rings. The maximum absolute atomic E-state index is 12.8. The van der Waals surface area contributed by atoms with E-state index in [2.05, 4.69) is 20.5 Å². The molecule has 0 unspecified atom stereocenters. The number of anilines is 1. The Morgan fingerprint density at radius 3 is 2.65 bits per heavy atom. The van der Waals surface area contributed by atoms with Gasteiger partial charge in [-0.2, -0.15) is 10.2 Å². The first-order valence-corrected chi connectivity index (χ1v) is 9.21. The number of carbonyl (C=O) groups excluding carboxylic acids is 1. The summed E-state index contributed by atoms with van der Waals surface area (Å²) in [4.78, 5) is 40.4. The Balaban J connectivity index is 1.74. The first-order valence-electron chi connectivity index (χ1n) is 9.21. The molecule has 0 aliphatic heterocycles. The molecule has 3 heterocycles. The Labute approximate surface area is 175 Å². The minimum atomic E-state index is -0.750. The second-order valence-corrected chi connectivity index (χ2v) is 6.91. The van der Waals surface area contributed by atoms with Crippen LogP contribution in [0.25, 0.3) is 16.7 Å². The van der Waals surface area contributed by atoms with Crippen LogP contribution in [-0.4, -0.2) is 35.4 Å². The number of amides is 1. The summed E-state index contributed by atoms with van der Waals surface area (Å²) in [5.74, 6) is -0.750. The molecule has 4 rings (SSSR count). The molecule has 1 N–H and O–H groups in total. The van der Waals surface area contributed by atoms with Gasteiger partial charge in [-0.25, -0.2) is 9.67 Å². The van der Waals surface area contributed by atoms with Crippen molar-refractivity contribution in [1.29, 1.82) is 0 Å². The second kappa shape index (κ2) is 7.44. The van der Waals surface area contributed by atoms with Crippen molar-refractivity contribution < 1.29 is 9.72 Å². The van der Waals surface area contributed by atoms with Gasteiger partial charge >= 0.3 is 0 Å². The third kappa shape index (κ3) is 3.52. The van der Waals surface area contributed by atoms with Gasteiger partial charge in [-0.15, -0.1) is 0 Å². The van der Waals surface area contributed by atoms with Gasteiger partial charge in [-0.05, 0) is 26.0 Å². The minimum Gasteiger partial charge on any atom is -0.319 e. The molecule has 1 aromatic carbocycles. The first-order chi connectivity index (χ1) is 14.8. The Kier molecular flexibility index (Phi) is 4.78. The molecule has 31 heavy (non-hydrogen) atoms. The zero-order valence-corrected chi connectivity index (χ0v) is 16.9. The fourth-order valence-electron chi connectivity index (χ4n) is 3.31. The van der Waals surface area contributed by atoms with Crippen molar-refractivity contribution in [3.05, 3.63) is 80.0 Å². The highest BCUT2D eigenvalue weighted by molar-refractivity contribution is 6.03. The summed E-state index contributed by atoms with van der Waals surface area (Å²) in [5.41, 5.74) is 1.07. The molecular weight excluding hydrogens is 402 g/mol. The van der Waals surface area contributed by atoms with Crippen molar-refractivity contribution in [1.82, 2.24) is 24.5 Å². The smallest absolute Gasteiger partial charge is 0.294 e. The van der Waals surface area contributed by atoms with E-state index in [0.29, 0.717) is 17.0 Å². The van der Waals surface area contributed by atoms with Gasteiger partial charge in [0.2, 0.25) is 5.43 Å². The van der Waals surface area contributed by atoms with Crippen LogP contribution in [0.15, 0.2) is 47.4 Å². The molecular formula is C20H17N7O4. The highest BCUT2D eigenvalue weighted by Crippen LogP contribution is 2.23. The zero-order chi connectivity index (χ0) is 22.3. The molecule has 0 bridgehead atoms. The fourth-order valence-corrected chi connectivity index (χ4v) is 3.31. The number of fused-ring (bicyclic) bond motifs is 1. The average Bonchev–Trinajstić information content (AvgIpc) is 3.01. The van der Waals surface area contributed by atoms with Crippen LogP contribution in [-0.2, 0) is 7.05 Å². The van der Waals surface area contributed by atoms with E-state index in [4.69, 9.17) is 0 Å². The van der Waals surface area contributed by atoms with Gasteiger partial charge in [0, 0.05) is 30.3 Å². The topological polar surface area (TPSA) is 138 Å². The van der Waals surface area contributed by atoms with Crippen molar-refractivity contribution >= 4 is 28.3 Å². The predicted octanol–water partition coefficient (Wildman–Crippen LogP) is 2.29. The number of pyridine rings is 1. The molecule has 0 fully saturated rings. The molecule has 0 atom stereocenters. The number of benzene rings is 1. The van der Waals surface area contributed by atoms with Crippen LogP contribution in [0.5, 0.6) is 0 Å². The molecule has 0 spiro atoms. The summed E-state index contributed by atoms with van der Waals surface area (Å²) in [6.07, 6.45) is 1.45.